The minimum Gasteiger partial charge on any atom is -0.481 e. The van der Waals surface area contributed by atoms with Crippen molar-refractivity contribution in [1.82, 2.24) is 19.6 Å². The number of sulfonamides is 2. The largest absolute Gasteiger partial charge is 0.481 e. The van der Waals surface area contributed by atoms with Crippen LogP contribution >= 0.6 is 0 Å². The molecule has 158 valence electrons. The number of benzene rings is 1. The van der Waals surface area contributed by atoms with Crippen LogP contribution in [0.3, 0.4) is 0 Å². The Kier molecular flexibility index (Phi) is 6.91. The van der Waals surface area contributed by atoms with Crippen molar-refractivity contribution in [2.24, 2.45) is 0 Å². The molecule has 13 nitrogen and oxygen atoms in total. The molecule has 15 heteroatoms. The molecule has 29 heavy (non-hydrogen) atoms. The lowest BCUT2D eigenvalue weighted by atomic mass is 10.4. The topological polar surface area (TPSA) is 175 Å². The number of methoxy groups -OCH3 is 2. The number of hydrogen-bond donors (Lipinski definition) is 3. The van der Waals surface area contributed by atoms with Gasteiger partial charge in [-0.1, -0.05) is 17.0 Å². The van der Waals surface area contributed by atoms with Gasteiger partial charge in [-0.15, -0.1) is 0 Å². The fraction of sp³-hybridized carbons (Fsp3) is 0.214. The van der Waals surface area contributed by atoms with E-state index >= 15 is 0 Å². The van der Waals surface area contributed by atoms with Gasteiger partial charge >= 0.3 is 6.03 Å². The van der Waals surface area contributed by atoms with Gasteiger partial charge in [0.15, 0.2) is 0 Å². The second kappa shape index (κ2) is 8.99. The average Bonchev–Trinajstić information content (AvgIpc) is 2.67. The summed E-state index contributed by atoms with van der Waals surface area (Å²) in [7, 11) is -5.23. The van der Waals surface area contributed by atoms with Crippen molar-refractivity contribution in [3.63, 3.8) is 0 Å². The molecule has 1 aromatic carbocycles. The number of hydrogen-bond acceptors (Lipinski definition) is 10. The van der Waals surface area contributed by atoms with E-state index < -0.39 is 35.9 Å². The van der Waals surface area contributed by atoms with Gasteiger partial charge in [-0.05, 0) is 12.1 Å². The molecule has 0 unspecified atom stereocenters. The van der Waals surface area contributed by atoms with Crippen molar-refractivity contribution >= 4 is 32.0 Å². The van der Waals surface area contributed by atoms with Crippen LogP contribution in [0.4, 0.5) is 10.7 Å². The number of carbonyl (C=O) groups is 1. The lowest BCUT2D eigenvalue weighted by Crippen LogP contribution is -2.36. The van der Waals surface area contributed by atoms with E-state index in [0.717, 1.165) is 19.2 Å². The zero-order valence-electron chi connectivity index (χ0n) is 15.4. The molecule has 2 aromatic rings. The Hall–Kier alpha value is -3.01. The Bertz CT molecular complexity index is 1080. The Morgan fingerprint density at radius 1 is 0.897 bits per heavy atom. The van der Waals surface area contributed by atoms with Crippen molar-refractivity contribution in [2.75, 3.05) is 26.6 Å². The highest BCUT2D eigenvalue weighted by Gasteiger charge is 2.28. The maximum absolute atomic E-state index is 12.6. The molecule has 0 fully saturated rings. The van der Waals surface area contributed by atoms with E-state index in [1.165, 1.54) is 32.4 Å². The average molecular weight is 447 g/mol. The summed E-state index contributed by atoms with van der Waals surface area (Å²) in [6.07, 6.45) is 0. The SMILES string of the molecule is CONS(=O)(=O)c1ccccc1S(=O)(=O)NC(=O)Nc1nc(OC)cc(OC)n1. The summed E-state index contributed by atoms with van der Waals surface area (Å²) >= 11 is 0. The molecule has 0 aliphatic heterocycles. The summed E-state index contributed by atoms with van der Waals surface area (Å²) in [6, 6.07) is 4.72. The fourth-order valence-corrected chi connectivity index (χ4v) is 4.58. The molecule has 0 saturated heterocycles. The first kappa shape index (κ1) is 22.3. The maximum Gasteiger partial charge on any atom is 0.335 e. The Morgan fingerprint density at radius 2 is 1.41 bits per heavy atom. The van der Waals surface area contributed by atoms with Crippen molar-refractivity contribution in [2.45, 2.75) is 9.79 Å². The lowest BCUT2D eigenvalue weighted by molar-refractivity contribution is 0.153. The quantitative estimate of drug-likeness (QED) is 0.461. The standard InChI is InChI=1S/C14H17N5O8S2/c1-25-11-8-12(26-2)16-13(15-11)17-14(20)18-28(21,22)9-6-4-5-7-10(9)29(23,24)19-27-3/h4-8,19H,1-3H3,(H2,15,16,17,18,20). The van der Waals surface area contributed by atoms with Gasteiger partial charge in [0.1, 0.15) is 9.79 Å². The van der Waals surface area contributed by atoms with Gasteiger partial charge in [0.05, 0.1) is 27.4 Å². The Labute approximate surface area is 166 Å². The number of aromatic nitrogens is 2. The van der Waals surface area contributed by atoms with Crippen LogP contribution in [0.1, 0.15) is 0 Å². The van der Waals surface area contributed by atoms with Crippen LogP contribution in [0, 0.1) is 0 Å². The fourth-order valence-electron chi connectivity index (χ4n) is 2.02. The van der Waals surface area contributed by atoms with Crippen LogP contribution in [0.2, 0.25) is 0 Å². The molecular weight excluding hydrogens is 430 g/mol. The predicted octanol–water partition coefficient (Wildman–Crippen LogP) is -0.156. The van der Waals surface area contributed by atoms with Crippen molar-refractivity contribution in [3.8, 4) is 11.8 Å². The highest BCUT2D eigenvalue weighted by molar-refractivity contribution is 7.92. The molecule has 2 rings (SSSR count). The molecule has 2 amide bonds. The molecule has 0 aliphatic carbocycles. The third-order valence-electron chi connectivity index (χ3n) is 3.17. The first-order valence-corrected chi connectivity index (χ1v) is 10.5. The predicted molar refractivity (Wildman–Crippen MR) is 98.2 cm³/mol. The van der Waals surface area contributed by atoms with E-state index in [1.54, 1.807) is 9.61 Å². The monoisotopic (exact) mass is 447 g/mol. The number of rotatable bonds is 8. The number of urea groups is 1. The van der Waals surface area contributed by atoms with Crippen molar-refractivity contribution in [1.29, 1.82) is 0 Å². The number of anilines is 1. The summed E-state index contributed by atoms with van der Waals surface area (Å²) in [5.74, 6) is -0.204. The number of ether oxygens (including phenoxy) is 2. The van der Waals surface area contributed by atoms with Gasteiger partial charge in [-0.2, -0.15) is 9.97 Å². The number of amides is 2. The zero-order chi connectivity index (χ0) is 21.7. The van der Waals surface area contributed by atoms with Crippen LogP contribution in [0.15, 0.2) is 40.1 Å². The summed E-state index contributed by atoms with van der Waals surface area (Å²) in [5.41, 5.74) is 0. The van der Waals surface area contributed by atoms with E-state index in [2.05, 4.69) is 20.1 Å². The molecule has 0 radical (unpaired) electrons. The van der Waals surface area contributed by atoms with Gasteiger partial charge in [0.25, 0.3) is 20.0 Å². The van der Waals surface area contributed by atoms with Crippen LogP contribution in [0.25, 0.3) is 0 Å². The van der Waals surface area contributed by atoms with Crippen LogP contribution in [0.5, 0.6) is 11.8 Å². The first-order chi connectivity index (χ1) is 13.6. The molecule has 0 bridgehead atoms. The third kappa shape index (κ3) is 5.50. The third-order valence-corrected chi connectivity index (χ3v) is 6.01. The molecular formula is C14H17N5O8S2. The molecule has 1 aromatic heterocycles. The molecule has 0 spiro atoms. The summed E-state index contributed by atoms with van der Waals surface area (Å²) in [4.78, 5) is 24.5. The molecule has 0 atom stereocenters. The van der Waals surface area contributed by atoms with Crippen molar-refractivity contribution < 1.29 is 35.9 Å². The van der Waals surface area contributed by atoms with Crippen LogP contribution < -0.4 is 24.4 Å². The molecule has 3 N–H and O–H groups in total. The smallest absolute Gasteiger partial charge is 0.335 e. The van der Waals surface area contributed by atoms with Gasteiger partial charge in [-0.25, -0.2) is 26.4 Å². The molecule has 0 aliphatic rings. The van der Waals surface area contributed by atoms with Gasteiger partial charge in [0.2, 0.25) is 17.7 Å². The van der Waals surface area contributed by atoms with E-state index in [9.17, 15) is 21.6 Å². The van der Waals surface area contributed by atoms with E-state index in [1.807, 2.05) is 0 Å². The summed E-state index contributed by atoms with van der Waals surface area (Å²) in [5, 5.41) is 2.10. The molecule has 1 heterocycles. The minimum absolute atomic E-state index is 0.0529. The van der Waals surface area contributed by atoms with Crippen molar-refractivity contribution in [3.05, 3.63) is 30.3 Å². The summed E-state index contributed by atoms with van der Waals surface area (Å²) < 4.78 is 60.9. The van der Waals surface area contributed by atoms with E-state index in [4.69, 9.17) is 9.47 Å². The van der Waals surface area contributed by atoms with Gasteiger partial charge < -0.3 is 9.47 Å². The van der Waals surface area contributed by atoms with Crippen LogP contribution in [-0.2, 0) is 24.9 Å². The first-order valence-electron chi connectivity index (χ1n) is 7.57. The summed E-state index contributed by atoms with van der Waals surface area (Å²) in [6.45, 7) is 0. The van der Waals surface area contributed by atoms with E-state index in [0.29, 0.717) is 0 Å². The van der Waals surface area contributed by atoms with Gasteiger partial charge in [0, 0.05) is 0 Å². The van der Waals surface area contributed by atoms with Gasteiger partial charge in [-0.3, -0.25) is 10.2 Å². The number of nitrogens with zero attached hydrogens (tertiary/aromatic N) is 2. The van der Waals surface area contributed by atoms with E-state index in [-0.39, 0.29) is 17.7 Å². The normalized spacial score (nSPS) is 11.6. The Morgan fingerprint density at radius 3 is 1.90 bits per heavy atom. The highest BCUT2D eigenvalue weighted by Crippen LogP contribution is 2.21. The second-order valence-electron chi connectivity index (χ2n) is 5.07. The maximum atomic E-state index is 12.6. The zero-order valence-corrected chi connectivity index (χ0v) is 17.0. The second-order valence-corrected chi connectivity index (χ2v) is 8.34. The molecule has 0 saturated carbocycles. The number of nitrogens with one attached hydrogen (secondary N) is 3. The minimum atomic E-state index is -4.60. The Balaban J connectivity index is 2.30. The van der Waals surface area contributed by atoms with Crippen LogP contribution in [-0.4, -0.2) is 54.2 Å². The lowest BCUT2D eigenvalue weighted by Gasteiger charge is -2.12. The number of carbonyl (C=O) groups excluding carboxylic acids is 1. The highest BCUT2D eigenvalue weighted by atomic mass is 32.2.